The maximum absolute atomic E-state index is 12.8. The molecule has 5 rings (SSSR count). The summed E-state index contributed by atoms with van der Waals surface area (Å²) < 4.78 is 1.81. The smallest absolute Gasteiger partial charge is 0.249 e. The van der Waals surface area contributed by atoms with Crippen LogP contribution in [0.5, 0.6) is 0 Å². The van der Waals surface area contributed by atoms with Crippen LogP contribution in [0.25, 0.3) is 22.1 Å². The van der Waals surface area contributed by atoms with Crippen molar-refractivity contribution in [2.24, 2.45) is 5.73 Å². The summed E-state index contributed by atoms with van der Waals surface area (Å²) in [7, 11) is 0. The van der Waals surface area contributed by atoms with Crippen LogP contribution in [0.4, 0.5) is 0 Å². The molecular formula is C22H21ClN6O3. The minimum absolute atomic E-state index is 0.0627. The van der Waals surface area contributed by atoms with E-state index in [4.69, 9.17) is 17.3 Å². The number of hydrogen-bond donors (Lipinski definition) is 3. The zero-order chi connectivity index (χ0) is 22.4. The molecule has 4 aromatic rings. The Hall–Kier alpha value is -3.43. The van der Waals surface area contributed by atoms with Gasteiger partial charge >= 0.3 is 0 Å². The number of amides is 2. The number of H-pyrrole nitrogens is 1. The molecule has 0 aliphatic carbocycles. The molecule has 0 spiro atoms. The lowest BCUT2D eigenvalue weighted by Crippen LogP contribution is -2.29. The number of hydrogen-bond acceptors (Lipinski definition) is 5. The van der Waals surface area contributed by atoms with Gasteiger partial charge in [-0.2, -0.15) is 0 Å². The molecule has 2 amide bonds. The number of primary amides is 1. The topological polar surface area (TPSA) is 130 Å². The number of carbonyl (C=O) groups is 2. The summed E-state index contributed by atoms with van der Waals surface area (Å²) in [5.74, 6) is 0.116. The highest BCUT2D eigenvalue weighted by Crippen LogP contribution is 2.28. The van der Waals surface area contributed by atoms with Gasteiger partial charge < -0.3 is 25.3 Å². The van der Waals surface area contributed by atoms with Crippen LogP contribution < -0.4 is 5.73 Å². The average Bonchev–Trinajstić information content (AvgIpc) is 3.47. The van der Waals surface area contributed by atoms with Crippen LogP contribution in [0.3, 0.4) is 0 Å². The third kappa shape index (κ3) is 3.59. The van der Waals surface area contributed by atoms with Crippen molar-refractivity contribution in [1.29, 1.82) is 0 Å². The van der Waals surface area contributed by atoms with Crippen molar-refractivity contribution >= 4 is 45.5 Å². The predicted molar refractivity (Wildman–Crippen MR) is 119 cm³/mol. The summed E-state index contributed by atoms with van der Waals surface area (Å²) >= 11 is 6.01. The molecule has 4 N–H and O–H groups in total. The first-order chi connectivity index (χ1) is 15.4. The van der Waals surface area contributed by atoms with Gasteiger partial charge in [0.05, 0.1) is 28.7 Å². The summed E-state index contributed by atoms with van der Waals surface area (Å²) in [5.41, 5.74) is 8.02. The Kier molecular flexibility index (Phi) is 5.07. The van der Waals surface area contributed by atoms with Crippen molar-refractivity contribution in [2.75, 3.05) is 13.1 Å². The Bertz CT molecular complexity index is 1350. The van der Waals surface area contributed by atoms with E-state index in [0.29, 0.717) is 40.4 Å². The molecule has 9 nitrogen and oxygen atoms in total. The second kappa shape index (κ2) is 7.92. The Morgan fingerprint density at radius 1 is 1.25 bits per heavy atom. The first-order valence-electron chi connectivity index (χ1n) is 10.3. The highest BCUT2D eigenvalue weighted by Gasteiger charge is 2.35. The molecule has 4 heterocycles. The molecule has 3 aromatic heterocycles. The fourth-order valence-electron chi connectivity index (χ4n) is 4.32. The quantitative estimate of drug-likeness (QED) is 0.426. The molecule has 1 fully saturated rings. The molecule has 0 unspecified atom stereocenters. The Labute approximate surface area is 187 Å². The van der Waals surface area contributed by atoms with Gasteiger partial charge in [-0.1, -0.05) is 11.6 Å². The Morgan fingerprint density at radius 2 is 2.09 bits per heavy atom. The van der Waals surface area contributed by atoms with E-state index < -0.39 is 12.0 Å². The summed E-state index contributed by atoms with van der Waals surface area (Å²) in [6, 6.07) is 8.38. The van der Waals surface area contributed by atoms with Gasteiger partial charge in [-0.3, -0.25) is 9.59 Å². The van der Waals surface area contributed by atoms with Crippen LogP contribution in [0, 0.1) is 0 Å². The molecule has 0 bridgehead atoms. The number of halogens is 1. The second-order valence-corrected chi connectivity index (χ2v) is 8.40. The van der Waals surface area contributed by atoms with Crippen LogP contribution in [0.2, 0.25) is 5.02 Å². The van der Waals surface area contributed by atoms with E-state index >= 15 is 0 Å². The molecule has 164 valence electrons. The van der Waals surface area contributed by atoms with Crippen molar-refractivity contribution in [2.45, 2.75) is 25.0 Å². The molecule has 10 heteroatoms. The van der Waals surface area contributed by atoms with Gasteiger partial charge in [-0.25, -0.2) is 9.97 Å². The van der Waals surface area contributed by atoms with Gasteiger partial charge in [0.15, 0.2) is 0 Å². The monoisotopic (exact) mass is 452 g/mol. The predicted octanol–water partition coefficient (Wildman–Crippen LogP) is 2.04. The third-order valence-corrected chi connectivity index (χ3v) is 6.15. The first-order valence-corrected chi connectivity index (χ1v) is 10.6. The molecule has 32 heavy (non-hydrogen) atoms. The summed E-state index contributed by atoms with van der Waals surface area (Å²) in [5, 5.41) is 11.9. The molecule has 0 radical (unpaired) electrons. The molecule has 2 atom stereocenters. The lowest BCUT2D eigenvalue weighted by molar-refractivity contribution is -0.130. The van der Waals surface area contributed by atoms with Crippen LogP contribution >= 0.6 is 11.6 Å². The average molecular weight is 453 g/mol. The maximum atomic E-state index is 12.8. The van der Waals surface area contributed by atoms with Gasteiger partial charge in [-0.15, -0.1) is 0 Å². The lowest BCUT2D eigenvalue weighted by Gasteiger charge is -2.17. The number of β-amino-alcohol motifs (C(OH)–C–C–N with tert-alkyl or cyclic N) is 1. The molecule has 1 aliphatic rings. The lowest BCUT2D eigenvalue weighted by atomic mass is 10.2. The van der Waals surface area contributed by atoms with E-state index in [0.717, 1.165) is 11.0 Å². The van der Waals surface area contributed by atoms with E-state index in [1.54, 1.807) is 35.4 Å². The number of fused-ring (bicyclic) bond motifs is 2. The van der Waals surface area contributed by atoms with Crippen LogP contribution in [-0.4, -0.2) is 60.5 Å². The number of nitrogens with zero attached hydrogens (tertiary/aromatic N) is 4. The number of likely N-dealkylation sites (tertiary alicyclic amines) is 1. The van der Waals surface area contributed by atoms with Crippen molar-refractivity contribution < 1.29 is 14.7 Å². The number of pyridine rings is 1. The Morgan fingerprint density at radius 3 is 2.91 bits per heavy atom. The van der Waals surface area contributed by atoms with Gasteiger partial charge in [0.25, 0.3) is 0 Å². The SMILES string of the molecule is NC(=O)c1ccnc2c1ccn2[C@@H]1CN(C(=O)CCc2nc3ccc(Cl)cc3[nH]2)C[C@H]1O. The number of rotatable bonds is 5. The fraction of sp³-hybridized carbons (Fsp3) is 0.273. The maximum Gasteiger partial charge on any atom is 0.249 e. The normalized spacial score (nSPS) is 18.6. The molecule has 1 aromatic carbocycles. The van der Waals surface area contributed by atoms with Gasteiger partial charge in [0.1, 0.15) is 11.5 Å². The largest absolute Gasteiger partial charge is 0.389 e. The number of aromatic nitrogens is 4. The number of carbonyl (C=O) groups excluding carboxylic acids is 2. The van der Waals surface area contributed by atoms with Gasteiger partial charge in [0, 0.05) is 48.7 Å². The number of aryl methyl sites for hydroxylation is 1. The zero-order valence-corrected chi connectivity index (χ0v) is 17.8. The highest BCUT2D eigenvalue weighted by atomic mass is 35.5. The van der Waals surface area contributed by atoms with Crippen LogP contribution in [-0.2, 0) is 11.2 Å². The van der Waals surface area contributed by atoms with Crippen molar-refractivity contribution in [3.05, 3.63) is 59.1 Å². The minimum Gasteiger partial charge on any atom is -0.389 e. The minimum atomic E-state index is -0.748. The second-order valence-electron chi connectivity index (χ2n) is 7.96. The van der Waals surface area contributed by atoms with E-state index in [9.17, 15) is 14.7 Å². The Balaban J connectivity index is 1.29. The summed E-state index contributed by atoms with van der Waals surface area (Å²) in [6.07, 6.45) is 3.26. The standard InChI is InChI=1S/C22H21ClN6O3/c23-12-1-2-15-16(9-12)27-19(26-15)3-4-20(31)28-10-17(18(30)11-28)29-8-6-14-13(21(24)32)5-7-25-22(14)29/h1-2,5-9,17-18,30H,3-4,10-11H2,(H2,24,32)(H,26,27)/t17-,18-/m1/s1. The number of imidazole rings is 1. The number of benzene rings is 1. The number of aromatic amines is 1. The van der Waals surface area contributed by atoms with Crippen LogP contribution in [0.1, 0.15) is 28.6 Å². The summed E-state index contributed by atoms with van der Waals surface area (Å²) in [4.78, 5) is 38.2. The summed E-state index contributed by atoms with van der Waals surface area (Å²) in [6.45, 7) is 0.580. The van der Waals surface area contributed by atoms with Gasteiger partial charge in [-0.05, 0) is 30.3 Å². The van der Waals surface area contributed by atoms with E-state index in [-0.39, 0.29) is 24.9 Å². The molecule has 0 saturated carbocycles. The molecule has 1 saturated heterocycles. The number of aliphatic hydroxyl groups is 1. The number of aliphatic hydroxyl groups excluding tert-OH is 1. The van der Waals surface area contributed by atoms with E-state index in [1.165, 1.54) is 6.20 Å². The van der Waals surface area contributed by atoms with E-state index in [2.05, 4.69) is 15.0 Å². The van der Waals surface area contributed by atoms with E-state index in [1.807, 2.05) is 10.6 Å². The highest BCUT2D eigenvalue weighted by molar-refractivity contribution is 6.31. The zero-order valence-electron chi connectivity index (χ0n) is 17.0. The van der Waals surface area contributed by atoms with Gasteiger partial charge in [0.2, 0.25) is 11.8 Å². The fourth-order valence-corrected chi connectivity index (χ4v) is 4.50. The first kappa shape index (κ1) is 20.5. The van der Waals surface area contributed by atoms with Crippen molar-refractivity contribution in [3.63, 3.8) is 0 Å². The number of nitrogens with one attached hydrogen (secondary N) is 1. The van der Waals surface area contributed by atoms with Crippen molar-refractivity contribution in [1.82, 2.24) is 24.4 Å². The van der Waals surface area contributed by atoms with Crippen molar-refractivity contribution in [3.8, 4) is 0 Å². The van der Waals surface area contributed by atoms with Crippen LogP contribution in [0.15, 0.2) is 42.7 Å². The number of nitrogens with two attached hydrogens (primary N) is 1. The molecular weight excluding hydrogens is 432 g/mol. The third-order valence-electron chi connectivity index (χ3n) is 5.92. The molecule has 1 aliphatic heterocycles.